The summed E-state index contributed by atoms with van der Waals surface area (Å²) in [6.45, 7) is 3.74. The molecule has 4 N–H and O–H groups in total. The zero-order chi connectivity index (χ0) is 13.9. The number of anilines is 2. The van der Waals surface area contributed by atoms with Crippen molar-refractivity contribution in [1.29, 1.82) is 0 Å². The first-order valence-corrected chi connectivity index (χ1v) is 9.39. The molecule has 0 spiro atoms. The molecule has 1 aliphatic heterocycles. The molecule has 1 fully saturated rings. The summed E-state index contributed by atoms with van der Waals surface area (Å²) in [5.74, 6) is 1.47. The molecule has 1 saturated heterocycles. The first-order chi connectivity index (χ1) is 9.78. The van der Waals surface area contributed by atoms with Crippen LogP contribution in [0.1, 0.15) is 17.7 Å². The zero-order valence-corrected chi connectivity index (χ0v) is 13.6. The number of fused-ring (bicyclic) bond motifs is 1. The third kappa shape index (κ3) is 2.89. The number of halogens is 1. The third-order valence-corrected chi connectivity index (χ3v) is 6.55. The minimum absolute atomic E-state index is 0.111. The molecule has 0 radical (unpaired) electrons. The number of allylic oxidation sites excluding steroid dienone is 1. The topological polar surface area (TPSA) is 84.3 Å². The quantitative estimate of drug-likeness (QED) is 0.250. The number of hydrogen-bond donors (Lipinski definition) is 2. The van der Waals surface area contributed by atoms with Crippen molar-refractivity contribution in [2.45, 2.75) is 12.8 Å². The van der Waals surface area contributed by atoms with Crippen LogP contribution in [0.15, 0.2) is 6.08 Å². The van der Waals surface area contributed by atoms with Gasteiger partial charge in [0.15, 0.2) is 0 Å². The van der Waals surface area contributed by atoms with Gasteiger partial charge in [0, 0.05) is 0 Å². The summed E-state index contributed by atoms with van der Waals surface area (Å²) in [5, 5.41) is 0. The molecule has 1 aliphatic carbocycles. The number of alkyl halides is 1. The van der Waals surface area contributed by atoms with Crippen molar-refractivity contribution < 1.29 is 21.5 Å². The maximum absolute atomic E-state index is 6.10. The fraction of sp³-hybridized carbons (Fsp3) is 0.538. The van der Waals surface area contributed by atoms with Crippen LogP contribution in [0.5, 0.6) is 0 Å². The van der Waals surface area contributed by atoms with Gasteiger partial charge < -0.3 is 0 Å². The molecule has 1 aromatic rings. The van der Waals surface area contributed by atoms with E-state index in [9.17, 15) is 0 Å². The molecule has 7 heteroatoms. The molecule has 0 bridgehead atoms. The third-order valence-electron chi connectivity index (χ3n) is 3.54. The summed E-state index contributed by atoms with van der Waals surface area (Å²) in [6, 6.07) is 0. The average Bonchev–Trinajstić information content (AvgIpc) is 2.48. The Hall–Kier alpha value is -0.930. The van der Waals surface area contributed by atoms with Crippen LogP contribution < -0.4 is 36.1 Å². The zero-order valence-electron chi connectivity index (χ0n) is 11.4. The first kappa shape index (κ1) is 14.0. The summed E-state index contributed by atoms with van der Waals surface area (Å²) < 4.78 is 3.44. The normalized spacial score (nSPS) is 19.6. The van der Waals surface area contributed by atoms with Crippen LogP contribution in [-0.2, 0) is 6.42 Å². The van der Waals surface area contributed by atoms with Crippen molar-refractivity contribution in [2.75, 3.05) is 39.6 Å². The van der Waals surface area contributed by atoms with Gasteiger partial charge in [0.05, 0.1) is 0 Å². The van der Waals surface area contributed by atoms with Gasteiger partial charge in [-0.1, -0.05) is 0 Å². The van der Waals surface area contributed by atoms with E-state index in [2.05, 4.69) is 25.1 Å². The standard InChI is InChI=1S/C13H20IN6/c15-5-6-19-7-8-20(14-9-19)13-17-11-4-2-1-3-10(11)12(16)18-13/h2,4H,1,3,5-9,15H2,(H2,16,17,18)/q-1. The Balaban J connectivity index is 1.76. The molecule has 110 valence electrons. The second kappa shape index (κ2) is 6.23. The molecule has 20 heavy (non-hydrogen) atoms. The van der Waals surface area contributed by atoms with Gasteiger partial charge in [-0.05, 0) is 0 Å². The van der Waals surface area contributed by atoms with Gasteiger partial charge in [-0.2, -0.15) is 0 Å². The number of nitrogens with two attached hydrogens (primary N) is 2. The van der Waals surface area contributed by atoms with Crippen molar-refractivity contribution >= 4 is 17.8 Å². The van der Waals surface area contributed by atoms with Gasteiger partial charge in [-0.15, -0.1) is 0 Å². The van der Waals surface area contributed by atoms with Crippen LogP contribution in [-0.4, -0.2) is 45.6 Å². The molecule has 6 nitrogen and oxygen atoms in total. The minimum atomic E-state index is -0.111. The van der Waals surface area contributed by atoms with E-state index in [-0.39, 0.29) is 21.5 Å². The fourth-order valence-corrected chi connectivity index (χ4v) is 4.99. The summed E-state index contributed by atoms with van der Waals surface area (Å²) in [5.41, 5.74) is 13.8. The van der Waals surface area contributed by atoms with Crippen molar-refractivity contribution in [3.05, 3.63) is 17.3 Å². The molecule has 0 unspecified atom stereocenters. The Labute approximate surface area is 129 Å². The van der Waals surface area contributed by atoms with E-state index in [4.69, 9.17) is 16.5 Å². The van der Waals surface area contributed by atoms with E-state index in [0.717, 1.165) is 60.8 Å². The van der Waals surface area contributed by atoms with Gasteiger partial charge in [0.2, 0.25) is 0 Å². The molecular formula is C13H20IN6-. The van der Waals surface area contributed by atoms with E-state index >= 15 is 0 Å². The van der Waals surface area contributed by atoms with E-state index in [0.29, 0.717) is 5.82 Å². The van der Waals surface area contributed by atoms with Crippen LogP contribution in [0.3, 0.4) is 0 Å². The van der Waals surface area contributed by atoms with E-state index in [1.165, 1.54) is 0 Å². The molecule has 0 amide bonds. The van der Waals surface area contributed by atoms with Crippen LogP contribution in [0.4, 0.5) is 11.8 Å². The number of hydrogen-bond acceptors (Lipinski definition) is 6. The van der Waals surface area contributed by atoms with Gasteiger partial charge >= 0.3 is 130 Å². The molecule has 2 aliphatic rings. The molecular weight excluding hydrogens is 367 g/mol. The predicted octanol–water partition coefficient (Wildman–Crippen LogP) is -2.94. The van der Waals surface area contributed by atoms with Crippen LogP contribution >= 0.6 is 0 Å². The van der Waals surface area contributed by atoms with Crippen molar-refractivity contribution in [2.24, 2.45) is 5.73 Å². The number of nitrogen functional groups attached to an aromatic ring is 1. The Morgan fingerprint density at radius 2 is 2.20 bits per heavy atom. The fourth-order valence-electron chi connectivity index (χ4n) is 2.43. The second-order valence-electron chi connectivity index (χ2n) is 4.95. The summed E-state index contributed by atoms with van der Waals surface area (Å²) in [7, 11) is 0. The summed E-state index contributed by atoms with van der Waals surface area (Å²) in [6.07, 6.45) is 6.22. The second-order valence-corrected chi connectivity index (χ2v) is 7.47. The Bertz CT molecular complexity index is 510. The van der Waals surface area contributed by atoms with Gasteiger partial charge in [0.25, 0.3) is 0 Å². The molecule has 3 rings (SSSR count). The molecule has 0 saturated carbocycles. The van der Waals surface area contributed by atoms with Gasteiger partial charge in [-0.25, -0.2) is 0 Å². The number of aromatic nitrogens is 2. The Morgan fingerprint density at radius 1 is 1.30 bits per heavy atom. The number of nitrogens with zero attached hydrogens (tertiary/aromatic N) is 4. The Morgan fingerprint density at radius 3 is 2.95 bits per heavy atom. The number of rotatable bonds is 3. The van der Waals surface area contributed by atoms with Gasteiger partial charge in [0.1, 0.15) is 0 Å². The predicted molar refractivity (Wildman–Crippen MR) is 76.6 cm³/mol. The maximum atomic E-state index is 6.10. The van der Waals surface area contributed by atoms with Gasteiger partial charge in [-0.3, -0.25) is 0 Å². The summed E-state index contributed by atoms with van der Waals surface area (Å²) >= 11 is -0.111. The van der Waals surface area contributed by atoms with E-state index < -0.39 is 0 Å². The molecule has 2 heterocycles. The van der Waals surface area contributed by atoms with Crippen molar-refractivity contribution in [3.63, 3.8) is 0 Å². The van der Waals surface area contributed by atoms with E-state index in [1.54, 1.807) is 0 Å². The molecule has 0 aromatic carbocycles. The van der Waals surface area contributed by atoms with Crippen molar-refractivity contribution in [3.8, 4) is 0 Å². The Kier molecular flexibility index (Phi) is 4.37. The first-order valence-electron chi connectivity index (χ1n) is 6.90. The van der Waals surface area contributed by atoms with Crippen LogP contribution in [0.25, 0.3) is 6.08 Å². The SMILES string of the molecule is NCCN1CCN(c2nc(N)c3c(n2)C=CCC3)[I-]C1. The average molecular weight is 387 g/mol. The van der Waals surface area contributed by atoms with Crippen LogP contribution in [0.2, 0.25) is 0 Å². The molecule has 1 aromatic heterocycles. The van der Waals surface area contributed by atoms with E-state index in [1.807, 2.05) is 0 Å². The monoisotopic (exact) mass is 387 g/mol. The molecule has 0 atom stereocenters. The van der Waals surface area contributed by atoms with Crippen molar-refractivity contribution in [1.82, 2.24) is 14.9 Å². The van der Waals surface area contributed by atoms with Crippen LogP contribution in [0, 0.1) is 0 Å². The summed E-state index contributed by atoms with van der Waals surface area (Å²) in [4.78, 5) is 11.6.